The largest absolute Gasteiger partial charge is 0.342 e. The molecule has 0 aliphatic carbocycles. The maximum absolute atomic E-state index is 13.2. The van der Waals surface area contributed by atoms with E-state index < -0.39 is 0 Å². The number of carbonyl (C=O) groups excluding carboxylic acids is 1. The smallest absolute Gasteiger partial charge is 0.270 e. The average Bonchev–Trinajstić information content (AvgIpc) is 3.22. The van der Waals surface area contributed by atoms with E-state index in [0.717, 1.165) is 30.6 Å². The molecule has 1 atom stereocenters. The van der Waals surface area contributed by atoms with Crippen LogP contribution < -0.4 is 0 Å². The zero-order valence-corrected chi connectivity index (χ0v) is 14.9. The molecule has 1 aromatic carbocycles. The maximum Gasteiger partial charge on any atom is 0.270 e. The van der Waals surface area contributed by atoms with Crippen LogP contribution in [0.2, 0.25) is 0 Å². The van der Waals surface area contributed by atoms with Crippen LogP contribution in [0.3, 0.4) is 0 Å². The molecule has 3 aromatic rings. The molecule has 2 aromatic heterocycles. The van der Waals surface area contributed by atoms with Gasteiger partial charge in [-0.2, -0.15) is 0 Å². The Bertz CT molecular complexity index is 931. The van der Waals surface area contributed by atoms with Crippen molar-refractivity contribution >= 4 is 27.8 Å². The normalized spacial score (nSPS) is 18.4. The fourth-order valence-corrected chi connectivity index (χ4v) is 4.21. The maximum atomic E-state index is 13.2. The first kappa shape index (κ1) is 15.3. The number of para-hydroxylation sites is 1. The van der Waals surface area contributed by atoms with Gasteiger partial charge >= 0.3 is 0 Å². The number of fused-ring (bicyclic) bond motifs is 3. The van der Waals surface area contributed by atoms with E-state index in [0.29, 0.717) is 6.04 Å². The molecule has 1 amide bonds. The predicted molar refractivity (Wildman–Crippen MR) is 98.5 cm³/mol. The summed E-state index contributed by atoms with van der Waals surface area (Å²) in [4.78, 5) is 15.2. The number of hydrogen-bond donors (Lipinski definition) is 0. The second kappa shape index (κ2) is 5.40. The molecule has 0 spiro atoms. The highest BCUT2D eigenvalue weighted by atomic mass is 16.2. The lowest BCUT2D eigenvalue weighted by Gasteiger charge is -2.23. The Hall–Kier alpha value is -2.23. The molecule has 1 aliphatic rings. The summed E-state index contributed by atoms with van der Waals surface area (Å²) in [5.41, 5.74) is 4.36. The molecule has 1 fully saturated rings. The minimum absolute atomic E-state index is 0.175. The molecule has 126 valence electrons. The summed E-state index contributed by atoms with van der Waals surface area (Å²) >= 11 is 0. The molecule has 3 heterocycles. The zero-order chi connectivity index (χ0) is 17.0. The first-order valence-electron chi connectivity index (χ1n) is 8.90. The van der Waals surface area contributed by atoms with Gasteiger partial charge in [-0.25, -0.2) is 0 Å². The summed E-state index contributed by atoms with van der Waals surface area (Å²) in [5.74, 6) is 0.175. The fourth-order valence-electron chi connectivity index (χ4n) is 4.21. The van der Waals surface area contributed by atoms with Crippen molar-refractivity contribution in [3.8, 4) is 0 Å². The SMILES string of the molecule is CC(C)n1c(C(=O)N2CCC[C@H]2C)cc2c1c1ccccc1n2C. The Labute approximate surface area is 142 Å². The molecule has 4 nitrogen and oxygen atoms in total. The highest BCUT2D eigenvalue weighted by molar-refractivity contribution is 6.10. The van der Waals surface area contributed by atoms with E-state index in [2.05, 4.69) is 67.3 Å². The molecule has 24 heavy (non-hydrogen) atoms. The highest BCUT2D eigenvalue weighted by Crippen LogP contribution is 2.34. The van der Waals surface area contributed by atoms with Crippen molar-refractivity contribution in [2.24, 2.45) is 7.05 Å². The third kappa shape index (κ3) is 2.02. The van der Waals surface area contributed by atoms with Crippen LogP contribution in [0.5, 0.6) is 0 Å². The minimum atomic E-state index is 0.175. The Kier molecular flexibility index (Phi) is 3.44. The summed E-state index contributed by atoms with van der Waals surface area (Å²) in [7, 11) is 2.09. The molecular weight excluding hydrogens is 298 g/mol. The van der Waals surface area contributed by atoms with E-state index >= 15 is 0 Å². The first-order valence-corrected chi connectivity index (χ1v) is 8.90. The van der Waals surface area contributed by atoms with Crippen LogP contribution in [0.25, 0.3) is 21.9 Å². The monoisotopic (exact) mass is 323 g/mol. The minimum Gasteiger partial charge on any atom is -0.342 e. The van der Waals surface area contributed by atoms with Crippen LogP contribution >= 0.6 is 0 Å². The number of rotatable bonds is 2. The van der Waals surface area contributed by atoms with Gasteiger partial charge in [0.05, 0.1) is 16.6 Å². The quantitative estimate of drug-likeness (QED) is 0.690. The lowest BCUT2D eigenvalue weighted by molar-refractivity contribution is 0.0735. The van der Waals surface area contributed by atoms with Gasteiger partial charge in [0.1, 0.15) is 5.69 Å². The average molecular weight is 323 g/mol. The van der Waals surface area contributed by atoms with Crippen molar-refractivity contribution < 1.29 is 4.79 Å². The number of hydrogen-bond acceptors (Lipinski definition) is 1. The van der Waals surface area contributed by atoms with E-state index in [1.165, 1.54) is 16.4 Å². The summed E-state index contributed by atoms with van der Waals surface area (Å²) in [6, 6.07) is 11.1. The molecule has 1 saturated heterocycles. The van der Waals surface area contributed by atoms with Crippen LogP contribution in [-0.4, -0.2) is 32.5 Å². The predicted octanol–water partition coefficient (Wildman–Crippen LogP) is 4.34. The first-order chi connectivity index (χ1) is 11.5. The Morgan fingerprint density at radius 1 is 1.21 bits per heavy atom. The van der Waals surface area contributed by atoms with Crippen molar-refractivity contribution in [3.05, 3.63) is 36.0 Å². The third-order valence-corrected chi connectivity index (χ3v) is 5.45. The molecule has 0 radical (unpaired) electrons. The van der Waals surface area contributed by atoms with Crippen LogP contribution in [0.4, 0.5) is 0 Å². The number of amides is 1. The van der Waals surface area contributed by atoms with Gasteiger partial charge in [0, 0.05) is 31.1 Å². The second-order valence-corrected chi connectivity index (χ2v) is 7.29. The standard InChI is InChI=1S/C20H25N3O/c1-13(2)23-18(20(24)22-11-7-8-14(22)3)12-17-19(23)15-9-5-6-10-16(15)21(17)4/h5-6,9-10,12-14H,7-8,11H2,1-4H3/t14-/m1/s1. The van der Waals surface area contributed by atoms with E-state index in [9.17, 15) is 4.79 Å². The Morgan fingerprint density at radius 3 is 2.62 bits per heavy atom. The Balaban J connectivity index is 1.98. The lowest BCUT2D eigenvalue weighted by atomic mass is 10.2. The van der Waals surface area contributed by atoms with E-state index in [1.807, 2.05) is 4.90 Å². The topological polar surface area (TPSA) is 30.2 Å². The lowest BCUT2D eigenvalue weighted by Crippen LogP contribution is -2.35. The van der Waals surface area contributed by atoms with Gasteiger partial charge in [0.25, 0.3) is 5.91 Å². The van der Waals surface area contributed by atoms with Gasteiger partial charge in [0.15, 0.2) is 0 Å². The zero-order valence-electron chi connectivity index (χ0n) is 14.9. The summed E-state index contributed by atoms with van der Waals surface area (Å²) in [6.45, 7) is 7.35. The molecule has 4 heteroatoms. The summed E-state index contributed by atoms with van der Waals surface area (Å²) in [6.07, 6.45) is 2.22. The number of aromatic nitrogens is 2. The highest BCUT2D eigenvalue weighted by Gasteiger charge is 2.30. The van der Waals surface area contributed by atoms with E-state index in [1.54, 1.807) is 0 Å². The molecule has 0 saturated carbocycles. The van der Waals surface area contributed by atoms with Gasteiger partial charge in [-0.05, 0) is 45.7 Å². The number of carbonyl (C=O) groups is 1. The van der Waals surface area contributed by atoms with Gasteiger partial charge in [-0.1, -0.05) is 18.2 Å². The number of nitrogens with zero attached hydrogens (tertiary/aromatic N) is 3. The van der Waals surface area contributed by atoms with Crippen molar-refractivity contribution in [2.75, 3.05) is 6.54 Å². The van der Waals surface area contributed by atoms with E-state index in [-0.39, 0.29) is 11.9 Å². The van der Waals surface area contributed by atoms with Crippen LogP contribution in [0.15, 0.2) is 30.3 Å². The van der Waals surface area contributed by atoms with Gasteiger partial charge in [0.2, 0.25) is 0 Å². The number of benzene rings is 1. The van der Waals surface area contributed by atoms with Crippen LogP contribution in [-0.2, 0) is 7.05 Å². The molecule has 1 aliphatic heterocycles. The van der Waals surface area contributed by atoms with E-state index in [4.69, 9.17) is 0 Å². The number of aryl methyl sites for hydroxylation is 1. The Morgan fingerprint density at radius 2 is 1.96 bits per heavy atom. The molecule has 0 bridgehead atoms. The van der Waals surface area contributed by atoms with Gasteiger partial charge < -0.3 is 14.0 Å². The fraction of sp³-hybridized carbons (Fsp3) is 0.450. The molecular formula is C20H25N3O. The van der Waals surface area contributed by atoms with Gasteiger partial charge in [-0.15, -0.1) is 0 Å². The summed E-state index contributed by atoms with van der Waals surface area (Å²) < 4.78 is 4.43. The van der Waals surface area contributed by atoms with Crippen LogP contribution in [0, 0.1) is 0 Å². The molecule has 4 rings (SSSR count). The number of likely N-dealkylation sites (tertiary alicyclic amines) is 1. The van der Waals surface area contributed by atoms with Crippen LogP contribution in [0.1, 0.15) is 50.1 Å². The molecule has 0 unspecified atom stereocenters. The van der Waals surface area contributed by atoms with Crippen molar-refractivity contribution in [2.45, 2.75) is 45.7 Å². The van der Waals surface area contributed by atoms with Crippen molar-refractivity contribution in [1.82, 2.24) is 14.0 Å². The second-order valence-electron chi connectivity index (χ2n) is 7.29. The van der Waals surface area contributed by atoms with Crippen molar-refractivity contribution in [1.29, 1.82) is 0 Å². The van der Waals surface area contributed by atoms with Crippen molar-refractivity contribution in [3.63, 3.8) is 0 Å². The summed E-state index contributed by atoms with van der Waals surface area (Å²) in [5, 5.41) is 1.22. The third-order valence-electron chi connectivity index (χ3n) is 5.45. The molecule has 0 N–H and O–H groups in total. The van der Waals surface area contributed by atoms with Gasteiger partial charge in [-0.3, -0.25) is 4.79 Å².